The Bertz CT molecular complexity index is 921. The van der Waals surface area contributed by atoms with Crippen molar-refractivity contribution in [3.8, 4) is 0 Å². The van der Waals surface area contributed by atoms with Crippen LogP contribution in [0.25, 0.3) is 0 Å². The Balaban J connectivity index is 2.34. The Kier molecular flexibility index (Phi) is 24.6. The first-order valence-electron chi connectivity index (χ1n) is 19.1. The molecule has 0 aromatic heterocycles. The molecule has 0 aliphatic carbocycles. The first kappa shape index (κ1) is 44.6. The minimum atomic E-state index is -4.62. The van der Waals surface area contributed by atoms with E-state index in [4.69, 9.17) is 18.5 Å². The van der Waals surface area contributed by atoms with Gasteiger partial charge in [0, 0.05) is 12.8 Å². The third-order valence-corrected chi connectivity index (χ3v) is 9.63. The summed E-state index contributed by atoms with van der Waals surface area (Å²) in [5.74, 6) is -0.858. The third kappa shape index (κ3) is 26.5. The predicted molar refractivity (Wildman–Crippen MR) is 188 cm³/mol. The first-order valence-corrected chi connectivity index (χ1v) is 20.6. The second-order valence-corrected chi connectivity index (χ2v) is 16.0. The van der Waals surface area contributed by atoms with Gasteiger partial charge in [0.05, 0.1) is 27.7 Å². The van der Waals surface area contributed by atoms with E-state index in [9.17, 15) is 19.0 Å². The maximum absolute atomic E-state index is 12.6. The van der Waals surface area contributed by atoms with Gasteiger partial charge in [-0.2, -0.15) is 10.2 Å². The van der Waals surface area contributed by atoms with Crippen LogP contribution in [0.15, 0.2) is 10.2 Å². The van der Waals surface area contributed by atoms with Crippen molar-refractivity contribution in [2.24, 2.45) is 10.2 Å². The van der Waals surface area contributed by atoms with Gasteiger partial charge >= 0.3 is 11.9 Å². The summed E-state index contributed by atoms with van der Waals surface area (Å²) in [6.07, 6.45) is 22.8. The molecule has 12 heteroatoms. The summed E-state index contributed by atoms with van der Waals surface area (Å²) in [6, 6.07) is 0. The van der Waals surface area contributed by atoms with E-state index in [2.05, 4.69) is 24.1 Å². The molecule has 1 aliphatic rings. The fourth-order valence-corrected chi connectivity index (χ4v) is 6.16. The largest absolute Gasteiger partial charge is 0.756 e. The van der Waals surface area contributed by atoms with Crippen molar-refractivity contribution >= 4 is 19.8 Å². The predicted octanol–water partition coefficient (Wildman–Crippen LogP) is 8.82. The monoisotopic (exact) mass is 703 g/mol. The Hall–Kier alpha value is -1.39. The molecule has 1 rings (SSSR count). The average molecular weight is 704 g/mol. The minimum absolute atomic E-state index is 0.0347. The Morgan fingerprint density at radius 3 is 1.67 bits per heavy atom. The van der Waals surface area contributed by atoms with Crippen molar-refractivity contribution in [1.29, 1.82) is 0 Å². The summed E-state index contributed by atoms with van der Waals surface area (Å²) in [7, 11) is 1.15. The van der Waals surface area contributed by atoms with Crippen LogP contribution in [0.5, 0.6) is 0 Å². The topological polar surface area (TPSA) is 136 Å². The van der Waals surface area contributed by atoms with Crippen LogP contribution in [0, 0.1) is 0 Å². The summed E-state index contributed by atoms with van der Waals surface area (Å²) < 4.78 is 33.7. The molecule has 2 unspecified atom stereocenters. The molecule has 0 N–H and O–H groups in total. The van der Waals surface area contributed by atoms with Crippen LogP contribution in [-0.4, -0.2) is 75.7 Å². The number of carbonyl (C=O) groups is 2. The first-order chi connectivity index (χ1) is 22.9. The number of phosphoric ester groups is 1. The van der Waals surface area contributed by atoms with Gasteiger partial charge in [-0.1, -0.05) is 110 Å². The van der Waals surface area contributed by atoms with Gasteiger partial charge in [0.2, 0.25) is 0 Å². The molecular weight excluding hydrogens is 633 g/mol. The third-order valence-electron chi connectivity index (χ3n) is 8.66. The van der Waals surface area contributed by atoms with E-state index in [1.807, 2.05) is 21.1 Å². The molecule has 0 aromatic rings. The second-order valence-electron chi connectivity index (χ2n) is 14.6. The number of unbranched alkanes of at least 4 members (excludes halogenated alkanes) is 16. The maximum Gasteiger partial charge on any atom is 0.306 e. The van der Waals surface area contributed by atoms with Crippen LogP contribution in [0.3, 0.4) is 0 Å². The fraction of sp³-hybridized carbons (Fsp3) is 0.944. The van der Waals surface area contributed by atoms with Crippen LogP contribution in [0.2, 0.25) is 0 Å². The highest BCUT2D eigenvalue weighted by molar-refractivity contribution is 7.45. The number of quaternary nitrogens is 1. The highest BCUT2D eigenvalue weighted by Crippen LogP contribution is 2.39. The van der Waals surface area contributed by atoms with Gasteiger partial charge < -0.3 is 27.9 Å². The quantitative estimate of drug-likeness (QED) is 0.0281. The molecule has 0 saturated carbocycles. The van der Waals surface area contributed by atoms with E-state index in [0.717, 1.165) is 64.2 Å². The molecule has 0 bridgehead atoms. The second kappa shape index (κ2) is 26.4. The average Bonchev–Trinajstić information content (AvgIpc) is 3.80. The summed E-state index contributed by atoms with van der Waals surface area (Å²) in [5.41, 5.74) is -0.0846. The van der Waals surface area contributed by atoms with Gasteiger partial charge in [-0.25, -0.2) is 0 Å². The molecular formula is C36H70N3O8P. The molecule has 11 nitrogen and oxygen atoms in total. The van der Waals surface area contributed by atoms with Crippen molar-refractivity contribution in [2.75, 3.05) is 47.5 Å². The summed E-state index contributed by atoms with van der Waals surface area (Å²) in [6.45, 7) is 4.11. The zero-order chi connectivity index (χ0) is 35.6. The Labute approximate surface area is 292 Å². The molecule has 0 aromatic carbocycles. The van der Waals surface area contributed by atoms with Crippen molar-refractivity contribution in [3.05, 3.63) is 0 Å². The van der Waals surface area contributed by atoms with E-state index in [-0.39, 0.29) is 31.7 Å². The Morgan fingerprint density at radius 2 is 1.15 bits per heavy atom. The molecule has 48 heavy (non-hydrogen) atoms. The van der Waals surface area contributed by atoms with E-state index in [1.54, 1.807) is 0 Å². The normalized spacial score (nSPS) is 15.6. The summed E-state index contributed by atoms with van der Waals surface area (Å²) >= 11 is 0. The molecule has 282 valence electrons. The van der Waals surface area contributed by atoms with Crippen molar-refractivity contribution in [3.63, 3.8) is 0 Å². The van der Waals surface area contributed by atoms with Gasteiger partial charge in [-0.3, -0.25) is 14.2 Å². The number of ether oxygens (including phenoxy) is 2. The lowest BCUT2D eigenvalue weighted by Crippen LogP contribution is -2.37. The van der Waals surface area contributed by atoms with E-state index < -0.39 is 32.5 Å². The summed E-state index contributed by atoms with van der Waals surface area (Å²) in [4.78, 5) is 37.3. The standard InChI is InChI=1S/C36H70N3O8P/c1-6-8-10-11-12-13-14-15-16-19-22-25-34(40)44-31-33(32-46-48(42,43)45-30-29-39(3,4)5)47-35(41)26-23-20-17-18-21-24-28-36(37-38-36)27-9-7-2/h33H,6-32H2,1-5H3. The lowest BCUT2D eigenvalue weighted by Gasteiger charge is -2.28. The SMILES string of the molecule is CCCCCCCCCCCCCC(=O)OCC(COP(=O)([O-])OCC[N+](C)(C)C)OC(=O)CCCCCCCCC1(CCCC)N=N1. The van der Waals surface area contributed by atoms with Crippen LogP contribution < -0.4 is 4.89 Å². The van der Waals surface area contributed by atoms with Gasteiger partial charge in [0.15, 0.2) is 11.8 Å². The number of hydrogen-bond acceptors (Lipinski definition) is 10. The minimum Gasteiger partial charge on any atom is -0.756 e. The summed E-state index contributed by atoms with van der Waals surface area (Å²) in [5, 5.41) is 8.53. The molecule has 2 atom stereocenters. The van der Waals surface area contributed by atoms with Crippen LogP contribution >= 0.6 is 7.82 Å². The van der Waals surface area contributed by atoms with Crippen molar-refractivity contribution in [1.82, 2.24) is 0 Å². The number of esters is 2. The molecule has 0 fully saturated rings. The van der Waals surface area contributed by atoms with Crippen LogP contribution in [0.4, 0.5) is 0 Å². The zero-order valence-corrected chi connectivity index (χ0v) is 32.1. The zero-order valence-electron chi connectivity index (χ0n) is 31.2. The van der Waals surface area contributed by atoms with E-state index in [0.29, 0.717) is 17.4 Å². The highest BCUT2D eigenvalue weighted by Gasteiger charge is 2.38. The number of rotatable bonds is 34. The van der Waals surface area contributed by atoms with E-state index in [1.165, 1.54) is 64.2 Å². The number of phosphoric acid groups is 1. The Morgan fingerprint density at radius 1 is 0.667 bits per heavy atom. The smallest absolute Gasteiger partial charge is 0.306 e. The molecule has 0 radical (unpaired) electrons. The van der Waals surface area contributed by atoms with Crippen LogP contribution in [0.1, 0.15) is 162 Å². The number of nitrogens with zero attached hydrogens (tertiary/aromatic N) is 3. The maximum atomic E-state index is 12.6. The van der Waals surface area contributed by atoms with Crippen molar-refractivity contribution in [2.45, 2.75) is 173 Å². The van der Waals surface area contributed by atoms with Gasteiger partial charge in [0.1, 0.15) is 19.8 Å². The fourth-order valence-electron chi connectivity index (χ4n) is 5.43. The van der Waals surface area contributed by atoms with Gasteiger partial charge in [0.25, 0.3) is 7.82 Å². The highest BCUT2D eigenvalue weighted by atomic mass is 31.2. The molecule has 0 saturated heterocycles. The van der Waals surface area contributed by atoms with Gasteiger partial charge in [-0.05, 0) is 38.5 Å². The lowest BCUT2D eigenvalue weighted by atomic mass is 9.98. The molecule has 1 heterocycles. The number of hydrogen-bond donors (Lipinski definition) is 0. The number of likely N-dealkylation sites (N-methyl/N-ethyl adjacent to an activating group) is 1. The molecule has 1 aliphatic heterocycles. The molecule has 0 spiro atoms. The number of carbonyl (C=O) groups excluding carboxylic acids is 2. The lowest BCUT2D eigenvalue weighted by molar-refractivity contribution is -0.870. The van der Waals surface area contributed by atoms with E-state index >= 15 is 0 Å². The molecule has 0 amide bonds. The van der Waals surface area contributed by atoms with Crippen LogP contribution in [-0.2, 0) is 32.7 Å². The van der Waals surface area contributed by atoms with Gasteiger partial charge in [-0.15, -0.1) is 0 Å². The van der Waals surface area contributed by atoms with Crippen molar-refractivity contribution < 1.29 is 42.1 Å².